The second-order valence-electron chi connectivity index (χ2n) is 3.39. The summed E-state index contributed by atoms with van der Waals surface area (Å²) in [5, 5.41) is 0. The fraction of sp³-hybridized carbons (Fsp3) is 0.556. The Morgan fingerprint density at radius 1 is 1.28 bits per heavy atom. The molecule has 0 aliphatic rings. The second kappa shape index (κ2) is 5.32. The third-order valence-corrected chi connectivity index (χ3v) is 1.99. The van der Waals surface area contributed by atoms with Crippen LogP contribution >= 0.6 is 0 Å². The highest BCUT2D eigenvalue weighted by atomic mass is 19.4. The Balaban J connectivity index is 2.29. The van der Waals surface area contributed by atoms with Crippen molar-refractivity contribution >= 4 is 6.09 Å². The number of ether oxygens (including phenoxy) is 1. The van der Waals surface area contributed by atoms with Crippen LogP contribution < -0.4 is 0 Å². The van der Waals surface area contributed by atoms with Crippen LogP contribution in [0.1, 0.15) is 12.8 Å². The van der Waals surface area contributed by atoms with E-state index in [1.807, 2.05) is 0 Å². The summed E-state index contributed by atoms with van der Waals surface area (Å²) in [6, 6.07) is 0. The Hall–Kier alpha value is -1.67. The molecule has 0 saturated heterocycles. The van der Waals surface area contributed by atoms with Crippen molar-refractivity contribution in [3.8, 4) is 0 Å². The average Bonchev–Trinajstić information content (AvgIpc) is 2.75. The molecule has 1 aromatic heterocycles. The van der Waals surface area contributed by atoms with Gasteiger partial charge in [-0.2, -0.15) is 22.0 Å². The van der Waals surface area contributed by atoms with Gasteiger partial charge in [-0.25, -0.2) is 14.3 Å². The van der Waals surface area contributed by atoms with Gasteiger partial charge in [0.25, 0.3) is 0 Å². The Labute approximate surface area is 98.4 Å². The number of imidazole rings is 1. The van der Waals surface area contributed by atoms with Gasteiger partial charge < -0.3 is 4.74 Å². The first kappa shape index (κ1) is 14.4. The van der Waals surface area contributed by atoms with Crippen molar-refractivity contribution < 1.29 is 31.5 Å². The predicted molar refractivity (Wildman–Crippen MR) is 49.2 cm³/mol. The van der Waals surface area contributed by atoms with Crippen LogP contribution in [0.15, 0.2) is 18.7 Å². The number of rotatable bonds is 4. The topological polar surface area (TPSA) is 44.1 Å². The van der Waals surface area contributed by atoms with E-state index in [9.17, 15) is 26.7 Å². The maximum atomic E-state index is 12.4. The SMILES string of the molecule is O=C(OCCCC(F)(F)C(F)(F)F)n1ccnc1. The number of carbonyl (C=O) groups excluding carboxylic acids is 1. The minimum Gasteiger partial charge on any atom is -0.449 e. The molecule has 0 amide bonds. The van der Waals surface area contributed by atoms with Crippen molar-refractivity contribution in [3.63, 3.8) is 0 Å². The molecule has 1 rings (SSSR count). The Kier molecular flexibility index (Phi) is 4.25. The molecule has 9 heteroatoms. The second-order valence-corrected chi connectivity index (χ2v) is 3.39. The molecule has 0 aliphatic carbocycles. The van der Waals surface area contributed by atoms with Gasteiger partial charge in [0.1, 0.15) is 6.33 Å². The number of carbonyl (C=O) groups is 1. The summed E-state index contributed by atoms with van der Waals surface area (Å²) in [6.45, 7) is -0.525. The normalized spacial score (nSPS) is 12.5. The van der Waals surface area contributed by atoms with Gasteiger partial charge in [0.2, 0.25) is 0 Å². The van der Waals surface area contributed by atoms with E-state index in [2.05, 4.69) is 9.72 Å². The molecule has 4 nitrogen and oxygen atoms in total. The minimum absolute atomic E-state index is 0.525. The molecule has 0 fully saturated rings. The first-order valence-corrected chi connectivity index (χ1v) is 4.84. The number of aromatic nitrogens is 2. The van der Waals surface area contributed by atoms with Crippen LogP contribution in [0.25, 0.3) is 0 Å². The Morgan fingerprint density at radius 3 is 2.44 bits per heavy atom. The molecule has 0 saturated carbocycles. The number of hydrogen-bond acceptors (Lipinski definition) is 3. The number of hydrogen-bond donors (Lipinski definition) is 0. The lowest BCUT2D eigenvalue weighted by atomic mass is 10.2. The third kappa shape index (κ3) is 3.67. The lowest BCUT2D eigenvalue weighted by Gasteiger charge is -2.19. The summed E-state index contributed by atoms with van der Waals surface area (Å²) >= 11 is 0. The van der Waals surface area contributed by atoms with E-state index in [0.29, 0.717) is 0 Å². The summed E-state index contributed by atoms with van der Waals surface area (Å²) in [5.41, 5.74) is 0. The van der Waals surface area contributed by atoms with E-state index in [1.54, 1.807) is 0 Å². The smallest absolute Gasteiger partial charge is 0.449 e. The van der Waals surface area contributed by atoms with Gasteiger partial charge in [0.05, 0.1) is 6.61 Å². The van der Waals surface area contributed by atoms with Crippen molar-refractivity contribution in [2.24, 2.45) is 0 Å². The molecule has 18 heavy (non-hydrogen) atoms. The predicted octanol–water partition coefficient (Wildman–Crippen LogP) is 2.85. The highest BCUT2D eigenvalue weighted by Crippen LogP contribution is 2.38. The lowest BCUT2D eigenvalue weighted by Crippen LogP contribution is -2.36. The van der Waals surface area contributed by atoms with E-state index in [-0.39, 0.29) is 0 Å². The van der Waals surface area contributed by atoms with Gasteiger partial charge in [-0.3, -0.25) is 0 Å². The van der Waals surface area contributed by atoms with E-state index in [4.69, 9.17) is 0 Å². The fourth-order valence-corrected chi connectivity index (χ4v) is 1.04. The van der Waals surface area contributed by atoms with Gasteiger partial charge >= 0.3 is 18.2 Å². The first-order valence-electron chi connectivity index (χ1n) is 4.84. The van der Waals surface area contributed by atoms with Crippen LogP contribution in [0.5, 0.6) is 0 Å². The zero-order valence-electron chi connectivity index (χ0n) is 8.95. The van der Waals surface area contributed by atoms with Gasteiger partial charge in [-0.05, 0) is 6.42 Å². The molecule has 0 aliphatic heterocycles. The van der Waals surface area contributed by atoms with Gasteiger partial charge in [0.15, 0.2) is 0 Å². The summed E-state index contributed by atoms with van der Waals surface area (Å²) < 4.78 is 65.6. The number of nitrogens with zero attached hydrogens (tertiary/aromatic N) is 2. The van der Waals surface area contributed by atoms with Crippen LogP contribution in [-0.2, 0) is 4.74 Å². The Morgan fingerprint density at radius 2 is 1.94 bits per heavy atom. The Bertz CT molecular complexity index is 388. The third-order valence-electron chi connectivity index (χ3n) is 1.99. The molecule has 0 aromatic carbocycles. The minimum atomic E-state index is -5.58. The molecular formula is C9H9F5N2O2. The largest absolute Gasteiger partial charge is 0.453 e. The number of halogens is 5. The van der Waals surface area contributed by atoms with Gasteiger partial charge in [-0.15, -0.1) is 0 Å². The molecule has 0 radical (unpaired) electrons. The molecule has 0 spiro atoms. The quantitative estimate of drug-likeness (QED) is 0.625. The summed E-state index contributed by atoms with van der Waals surface area (Å²) in [4.78, 5) is 14.7. The zero-order valence-corrected chi connectivity index (χ0v) is 8.95. The van der Waals surface area contributed by atoms with E-state index in [1.165, 1.54) is 12.4 Å². The molecule has 0 bridgehead atoms. The molecule has 1 aromatic rings. The maximum absolute atomic E-state index is 12.4. The number of alkyl halides is 5. The standard InChI is InChI=1S/C9H9F5N2O2/c10-8(11,9(12,13)14)2-1-5-18-7(17)16-4-3-15-6-16/h3-4,6H,1-2,5H2. The van der Waals surface area contributed by atoms with Gasteiger partial charge in [-0.1, -0.05) is 0 Å². The molecule has 1 heterocycles. The molecule has 0 N–H and O–H groups in total. The highest BCUT2D eigenvalue weighted by Gasteiger charge is 2.56. The van der Waals surface area contributed by atoms with Crippen LogP contribution in [0, 0.1) is 0 Å². The molecule has 102 valence electrons. The van der Waals surface area contributed by atoms with Crippen LogP contribution in [0.2, 0.25) is 0 Å². The van der Waals surface area contributed by atoms with Crippen molar-refractivity contribution in [2.75, 3.05) is 6.61 Å². The zero-order chi connectivity index (χ0) is 13.8. The first-order chi connectivity index (χ1) is 8.24. The monoisotopic (exact) mass is 272 g/mol. The highest BCUT2D eigenvalue weighted by molar-refractivity contribution is 5.69. The summed E-state index contributed by atoms with van der Waals surface area (Å²) in [7, 11) is 0. The van der Waals surface area contributed by atoms with Crippen molar-refractivity contribution in [1.29, 1.82) is 0 Å². The van der Waals surface area contributed by atoms with Gasteiger partial charge in [0, 0.05) is 18.8 Å². The van der Waals surface area contributed by atoms with E-state index in [0.717, 1.165) is 10.9 Å². The maximum Gasteiger partial charge on any atom is 0.453 e. The van der Waals surface area contributed by atoms with Crippen LogP contribution in [0.4, 0.5) is 26.7 Å². The molecular weight excluding hydrogens is 263 g/mol. The fourth-order valence-electron chi connectivity index (χ4n) is 1.04. The van der Waals surface area contributed by atoms with Crippen molar-refractivity contribution in [3.05, 3.63) is 18.7 Å². The summed E-state index contributed by atoms with van der Waals surface area (Å²) in [5.74, 6) is -4.77. The molecule has 0 unspecified atom stereocenters. The van der Waals surface area contributed by atoms with Crippen LogP contribution in [-0.4, -0.2) is 34.4 Å². The van der Waals surface area contributed by atoms with E-state index < -0.39 is 37.6 Å². The van der Waals surface area contributed by atoms with Crippen molar-refractivity contribution in [1.82, 2.24) is 9.55 Å². The average molecular weight is 272 g/mol. The summed E-state index contributed by atoms with van der Waals surface area (Å²) in [6.07, 6.45) is -4.82. The molecule has 0 atom stereocenters. The van der Waals surface area contributed by atoms with E-state index >= 15 is 0 Å². The lowest BCUT2D eigenvalue weighted by molar-refractivity contribution is -0.284. The van der Waals surface area contributed by atoms with Crippen LogP contribution in [0.3, 0.4) is 0 Å². The van der Waals surface area contributed by atoms with Crippen molar-refractivity contribution in [2.45, 2.75) is 24.9 Å².